The van der Waals surface area contributed by atoms with Gasteiger partial charge in [-0.3, -0.25) is 0 Å². The average molecular weight is 273 g/mol. The minimum Gasteiger partial charge on any atom is -0.376 e. The summed E-state index contributed by atoms with van der Waals surface area (Å²) < 4.78 is 16.4. The highest BCUT2D eigenvalue weighted by Gasteiger charge is 2.46. The Hall–Kier alpha value is 0.737. The Bertz CT molecular complexity index is 150. The molecule has 0 saturated carbocycles. The monoisotopic (exact) mass is 272 g/mol. The van der Waals surface area contributed by atoms with Crippen molar-refractivity contribution >= 4 is 32.2 Å². The summed E-state index contributed by atoms with van der Waals surface area (Å²) in [5, 5.41) is 0. The molecule has 0 rings (SSSR count). The normalized spacial score (nSPS) is 14.2. The molecule has 0 aromatic heterocycles. The smallest absolute Gasteiger partial charge is 0.376 e. The van der Waals surface area contributed by atoms with E-state index in [2.05, 4.69) is 6.92 Å². The molecule has 0 spiro atoms. The molecule has 0 saturated heterocycles. The van der Waals surface area contributed by atoms with Crippen molar-refractivity contribution in [1.29, 1.82) is 0 Å². The lowest BCUT2D eigenvalue weighted by Crippen LogP contribution is -2.52. The van der Waals surface area contributed by atoms with E-state index in [1.807, 2.05) is 11.8 Å². The third-order valence-corrected chi connectivity index (χ3v) is 8.01. The van der Waals surface area contributed by atoms with Gasteiger partial charge in [-0.1, -0.05) is 6.92 Å². The summed E-state index contributed by atoms with van der Waals surface area (Å²) in [6, 6.07) is 0. The second kappa shape index (κ2) is 8.84. The maximum absolute atomic E-state index is 5.65. The van der Waals surface area contributed by atoms with Crippen LogP contribution in [0.1, 0.15) is 19.8 Å². The van der Waals surface area contributed by atoms with Crippen LogP contribution in [0.2, 0.25) is 0 Å². The first kappa shape index (κ1) is 15.7. The van der Waals surface area contributed by atoms with Crippen LogP contribution < -0.4 is 0 Å². The zero-order valence-corrected chi connectivity index (χ0v) is 12.5. The van der Waals surface area contributed by atoms with Gasteiger partial charge in [0.2, 0.25) is 0 Å². The Kier molecular flexibility index (Phi) is 9.27. The lowest BCUT2D eigenvalue weighted by Gasteiger charge is -2.31. The summed E-state index contributed by atoms with van der Waals surface area (Å²) in [5.74, 6) is 1.72. The van der Waals surface area contributed by atoms with Gasteiger partial charge in [0.15, 0.2) is 0 Å². The van der Waals surface area contributed by atoms with Gasteiger partial charge < -0.3 is 13.3 Å². The van der Waals surface area contributed by atoms with E-state index in [4.69, 9.17) is 24.9 Å². The summed E-state index contributed by atoms with van der Waals surface area (Å²) in [6.07, 6.45) is 1.99. The molecule has 0 aromatic rings. The van der Waals surface area contributed by atoms with Crippen LogP contribution in [-0.4, -0.2) is 46.6 Å². The molecule has 0 aromatic carbocycles. The average Bonchev–Trinajstić information content (AvgIpc) is 2.29. The highest BCUT2D eigenvalue weighted by atomic mass is 35.5. The second-order valence-electron chi connectivity index (χ2n) is 3.03. The molecule has 3 nitrogen and oxygen atoms in total. The zero-order chi connectivity index (χ0) is 11.7. The molecule has 6 heteroatoms. The van der Waals surface area contributed by atoms with Crippen molar-refractivity contribution in [2.45, 2.75) is 24.6 Å². The molecule has 0 N–H and O–H groups in total. The van der Waals surface area contributed by atoms with Gasteiger partial charge in [-0.05, 0) is 18.6 Å². The molecule has 15 heavy (non-hydrogen) atoms. The molecule has 0 aliphatic rings. The second-order valence-corrected chi connectivity index (χ2v) is 8.26. The van der Waals surface area contributed by atoms with Crippen molar-refractivity contribution in [2.75, 3.05) is 33.0 Å². The number of hydrogen-bond donors (Lipinski definition) is 0. The van der Waals surface area contributed by atoms with Crippen LogP contribution in [0.5, 0.6) is 0 Å². The Morgan fingerprint density at radius 2 is 1.73 bits per heavy atom. The van der Waals surface area contributed by atoms with Crippen LogP contribution in [-0.2, 0) is 13.3 Å². The molecule has 0 heterocycles. The first-order valence-corrected chi connectivity index (χ1v) is 8.42. The SMILES string of the molecule is CCC(SCCCCl)[Si](OC)(OC)OC. The number of halogens is 1. The van der Waals surface area contributed by atoms with E-state index < -0.39 is 8.80 Å². The van der Waals surface area contributed by atoms with Crippen LogP contribution in [0.4, 0.5) is 0 Å². The molecular formula is C9H21ClO3SSi. The van der Waals surface area contributed by atoms with Crippen LogP contribution in [0.15, 0.2) is 0 Å². The van der Waals surface area contributed by atoms with E-state index in [1.54, 1.807) is 21.3 Å². The maximum atomic E-state index is 5.65. The zero-order valence-electron chi connectivity index (χ0n) is 9.92. The predicted molar refractivity (Wildman–Crippen MR) is 68.7 cm³/mol. The lowest BCUT2D eigenvalue weighted by molar-refractivity contribution is 0.121. The molecule has 0 aliphatic heterocycles. The number of alkyl halides is 1. The van der Waals surface area contributed by atoms with Gasteiger partial charge in [0.05, 0.1) is 4.87 Å². The van der Waals surface area contributed by atoms with E-state index in [-0.39, 0.29) is 0 Å². The van der Waals surface area contributed by atoms with Crippen molar-refractivity contribution in [3.05, 3.63) is 0 Å². The third kappa shape index (κ3) is 4.62. The van der Waals surface area contributed by atoms with Crippen LogP contribution in [0, 0.1) is 0 Å². The fourth-order valence-electron chi connectivity index (χ4n) is 1.39. The van der Waals surface area contributed by atoms with Crippen molar-refractivity contribution < 1.29 is 13.3 Å². The predicted octanol–water partition coefficient (Wildman–Crippen LogP) is 2.54. The standard InChI is InChI=1S/C9H21ClO3SSi/c1-5-9(14-8-6-7-10)15(11-2,12-3)13-4/h9H,5-8H2,1-4H3. The first-order valence-electron chi connectivity index (χ1n) is 5.03. The van der Waals surface area contributed by atoms with Gasteiger partial charge in [0.1, 0.15) is 0 Å². The summed E-state index contributed by atoms with van der Waals surface area (Å²) in [4.78, 5) is 0.292. The van der Waals surface area contributed by atoms with E-state index in [9.17, 15) is 0 Å². The fourth-order valence-corrected chi connectivity index (χ4v) is 6.34. The van der Waals surface area contributed by atoms with E-state index in [0.717, 1.165) is 18.6 Å². The van der Waals surface area contributed by atoms with Crippen molar-refractivity contribution in [3.8, 4) is 0 Å². The van der Waals surface area contributed by atoms with Gasteiger partial charge in [-0.2, -0.15) is 11.8 Å². The van der Waals surface area contributed by atoms with Gasteiger partial charge in [-0.25, -0.2) is 0 Å². The largest absolute Gasteiger partial charge is 0.513 e. The maximum Gasteiger partial charge on any atom is 0.513 e. The third-order valence-electron chi connectivity index (χ3n) is 2.22. The fraction of sp³-hybridized carbons (Fsp3) is 1.00. The molecule has 1 atom stereocenters. The molecule has 0 radical (unpaired) electrons. The van der Waals surface area contributed by atoms with Crippen LogP contribution in [0.3, 0.4) is 0 Å². The molecule has 0 bridgehead atoms. The summed E-state index contributed by atoms with van der Waals surface area (Å²) in [5.41, 5.74) is 0. The quantitative estimate of drug-likeness (QED) is 0.366. The Morgan fingerprint density at radius 3 is 2.07 bits per heavy atom. The van der Waals surface area contributed by atoms with Crippen LogP contribution >= 0.6 is 23.4 Å². The molecule has 0 fully saturated rings. The first-order chi connectivity index (χ1) is 7.20. The Morgan fingerprint density at radius 1 is 1.20 bits per heavy atom. The van der Waals surface area contributed by atoms with Gasteiger partial charge >= 0.3 is 8.80 Å². The number of hydrogen-bond acceptors (Lipinski definition) is 4. The van der Waals surface area contributed by atoms with Crippen molar-refractivity contribution in [2.24, 2.45) is 0 Å². The van der Waals surface area contributed by atoms with E-state index >= 15 is 0 Å². The van der Waals surface area contributed by atoms with Gasteiger partial charge in [0.25, 0.3) is 0 Å². The highest BCUT2D eigenvalue weighted by Crippen LogP contribution is 2.27. The van der Waals surface area contributed by atoms with Crippen molar-refractivity contribution in [1.82, 2.24) is 0 Å². The van der Waals surface area contributed by atoms with E-state index in [1.165, 1.54) is 0 Å². The molecule has 92 valence electrons. The topological polar surface area (TPSA) is 27.7 Å². The van der Waals surface area contributed by atoms with Crippen LogP contribution in [0.25, 0.3) is 0 Å². The summed E-state index contributed by atoms with van der Waals surface area (Å²) in [6.45, 7) is 2.12. The Balaban J connectivity index is 4.31. The molecule has 0 amide bonds. The Labute approximate surface area is 103 Å². The summed E-state index contributed by atoms with van der Waals surface area (Å²) >= 11 is 7.48. The molecule has 1 unspecified atom stereocenters. The van der Waals surface area contributed by atoms with Gasteiger partial charge in [-0.15, -0.1) is 11.6 Å². The minimum absolute atomic E-state index is 0.292. The minimum atomic E-state index is -2.48. The molecule has 0 aliphatic carbocycles. The summed E-state index contributed by atoms with van der Waals surface area (Å²) in [7, 11) is 2.49. The number of thioether (sulfide) groups is 1. The van der Waals surface area contributed by atoms with E-state index in [0.29, 0.717) is 10.8 Å². The number of rotatable bonds is 9. The van der Waals surface area contributed by atoms with Gasteiger partial charge in [0, 0.05) is 27.2 Å². The lowest BCUT2D eigenvalue weighted by atomic mass is 10.6. The van der Waals surface area contributed by atoms with Crippen molar-refractivity contribution in [3.63, 3.8) is 0 Å². The molecular weight excluding hydrogens is 252 g/mol. The highest BCUT2D eigenvalue weighted by molar-refractivity contribution is 8.01.